The average molecular weight is 418 g/mol. The Balaban J connectivity index is 1.76. The number of carboxylic acid groups (broad SMARTS) is 1. The van der Waals surface area contributed by atoms with Gasteiger partial charge in [0.15, 0.2) is 0 Å². The summed E-state index contributed by atoms with van der Waals surface area (Å²) in [6.07, 6.45) is 0.671. The summed E-state index contributed by atoms with van der Waals surface area (Å²) in [6.45, 7) is 3.56. The van der Waals surface area contributed by atoms with Crippen molar-refractivity contribution in [3.05, 3.63) is 83.7 Å². The molecule has 31 heavy (non-hydrogen) atoms. The highest BCUT2D eigenvalue weighted by molar-refractivity contribution is 5.94. The van der Waals surface area contributed by atoms with Crippen LogP contribution < -0.4 is 10.2 Å². The van der Waals surface area contributed by atoms with Gasteiger partial charge >= 0.3 is 5.97 Å². The zero-order valence-electron chi connectivity index (χ0n) is 17.3. The van der Waals surface area contributed by atoms with Gasteiger partial charge in [0.1, 0.15) is 5.82 Å². The quantitative estimate of drug-likeness (QED) is 0.588. The smallest absolute Gasteiger partial charge is 0.335 e. The van der Waals surface area contributed by atoms with Gasteiger partial charge in [-0.05, 0) is 72.5 Å². The van der Waals surface area contributed by atoms with E-state index in [1.165, 1.54) is 12.1 Å². The minimum absolute atomic E-state index is 0.0169. The van der Waals surface area contributed by atoms with E-state index in [4.69, 9.17) is 5.11 Å². The van der Waals surface area contributed by atoms with Crippen LogP contribution >= 0.6 is 0 Å². The summed E-state index contributed by atoms with van der Waals surface area (Å²) in [5.41, 5.74) is 4.47. The second-order valence-electron chi connectivity index (χ2n) is 7.84. The monoisotopic (exact) mass is 418 g/mol. The van der Waals surface area contributed by atoms with Gasteiger partial charge in [-0.15, -0.1) is 0 Å². The first kappa shape index (κ1) is 20.6. The van der Waals surface area contributed by atoms with Crippen molar-refractivity contribution in [3.8, 4) is 11.1 Å². The van der Waals surface area contributed by atoms with Gasteiger partial charge in [0, 0.05) is 24.3 Å². The summed E-state index contributed by atoms with van der Waals surface area (Å²) in [6, 6.07) is 18.8. The molecule has 158 valence electrons. The van der Waals surface area contributed by atoms with Crippen molar-refractivity contribution in [2.24, 2.45) is 0 Å². The Morgan fingerprint density at radius 1 is 1.03 bits per heavy atom. The van der Waals surface area contributed by atoms with E-state index in [-0.39, 0.29) is 29.4 Å². The number of amides is 1. The molecule has 6 heteroatoms. The lowest BCUT2D eigenvalue weighted by Gasteiger charge is -2.39. The Morgan fingerprint density at radius 2 is 1.74 bits per heavy atom. The highest BCUT2D eigenvalue weighted by Crippen LogP contribution is 2.41. The van der Waals surface area contributed by atoms with Crippen LogP contribution in [-0.2, 0) is 4.79 Å². The van der Waals surface area contributed by atoms with Crippen LogP contribution in [0.3, 0.4) is 0 Å². The molecule has 1 amide bonds. The first-order valence-electron chi connectivity index (χ1n) is 10.1. The summed E-state index contributed by atoms with van der Waals surface area (Å²) in [5.74, 6) is -1.31. The number of hydrogen-bond acceptors (Lipinski definition) is 3. The Kier molecular flexibility index (Phi) is 5.46. The van der Waals surface area contributed by atoms with Gasteiger partial charge in [-0.3, -0.25) is 4.79 Å². The van der Waals surface area contributed by atoms with Gasteiger partial charge < -0.3 is 15.3 Å². The number of carbonyl (C=O) groups excluding carboxylic acids is 1. The highest BCUT2D eigenvalue weighted by atomic mass is 19.1. The van der Waals surface area contributed by atoms with Crippen LogP contribution in [0.15, 0.2) is 66.7 Å². The lowest BCUT2D eigenvalue weighted by Crippen LogP contribution is -2.43. The Labute approximate surface area is 180 Å². The molecule has 5 nitrogen and oxygen atoms in total. The fourth-order valence-corrected chi connectivity index (χ4v) is 4.24. The molecule has 0 unspecified atom stereocenters. The van der Waals surface area contributed by atoms with Gasteiger partial charge in [-0.1, -0.05) is 24.3 Å². The summed E-state index contributed by atoms with van der Waals surface area (Å²) < 4.78 is 13.7. The molecular weight excluding hydrogens is 395 g/mol. The standard InChI is InChI=1S/C25H23FN2O3/c1-15-12-23(27-21-5-3-4-20(26)14-21)22-13-19(10-11-24(22)28(15)16(2)29)17-6-8-18(9-7-17)25(30)31/h3-11,13-15,23,27H,12H2,1-2H3,(H,30,31)/t15-,23+/m1/s1. The number of nitrogens with zero attached hydrogens (tertiary/aromatic N) is 1. The number of benzene rings is 3. The first-order valence-corrected chi connectivity index (χ1v) is 10.1. The maximum absolute atomic E-state index is 13.7. The molecule has 2 N–H and O–H groups in total. The van der Waals surface area contributed by atoms with Crippen molar-refractivity contribution < 1.29 is 19.1 Å². The topological polar surface area (TPSA) is 69.6 Å². The maximum Gasteiger partial charge on any atom is 0.335 e. The van der Waals surface area contributed by atoms with E-state index in [0.29, 0.717) is 12.1 Å². The normalized spacial score (nSPS) is 17.7. The largest absolute Gasteiger partial charge is 0.478 e. The summed E-state index contributed by atoms with van der Waals surface area (Å²) in [5, 5.41) is 12.5. The van der Waals surface area contributed by atoms with Gasteiger partial charge in [0.25, 0.3) is 0 Å². The summed E-state index contributed by atoms with van der Waals surface area (Å²) >= 11 is 0. The highest BCUT2D eigenvalue weighted by Gasteiger charge is 2.32. The van der Waals surface area contributed by atoms with Gasteiger partial charge in [0.05, 0.1) is 11.6 Å². The third-order valence-electron chi connectivity index (χ3n) is 5.65. The minimum Gasteiger partial charge on any atom is -0.478 e. The number of aromatic carboxylic acids is 1. The molecule has 1 heterocycles. The van der Waals surface area contributed by atoms with Crippen LogP contribution in [0.5, 0.6) is 0 Å². The van der Waals surface area contributed by atoms with E-state index in [9.17, 15) is 14.0 Å². The van der Waals surface area contributed by atoms with E-state index < -0.39 is 5.97 Å². The summed E-state index contributed by atoms with van der Waals surface area (Å²) in [7, 11) is 0. The number of carbonyl (C=O) groups is 2. The maximum atomic E-state index is 13.7. The van der Waals surface area contributed by atoms with E-state index in [1.54, 1.807) is 42.2 Å². The third-order valence-corrected chi connectivity index (χ3v) is 5.65. The van der Waals surface area contributed by atoms with Crippen LogP contribution in [0.25, 0.3) is 11.1 Å². The van der Waals surface area contributed by atoms with E-state index in [1.807, 2.05) is 31.2 Å². The molecule has 0 saturated heterocycles. The third kappa shape index (κ3) is 4.14. The second-order valence-corrected chi connectivity index (χ2v) is 7.84. The van der Waals surface area contributed by atoms with Crippen molar-refractivity contribution in [2.45, 2.75) is 32.4 Å². The molecule has 4 rings (SSSR count). The molecule has 0 spiro atoms. The number of fused-ring (bicyclic) bond motifs is 1. The van der Waals surface area contributed by atoms with E-state index >= 15 is 0 Å². The van der Waals surface area contributed by atoms with E-state index in [2.05, 4.69) is 5.32 Å². The second kappa shape index (κ2) is 8.22. The predicted molar refractivity (Wildman–Crippen MR) is 119 cm³/mol. The Hall–Kier alpha value is -3.67. The number of carboxylic acids is 1. The van der Waals surface area contributed by atoms with Gasteiger partial charge in [-0.2, -0.15) is 0 Å². The van der Waals surface area contributed by atoms with Crippen LogP contribution in [-0.4, -0.2) is 23.0 Å². The van der Waals surface area contributed by atoms with E-state index in [0.717, 1.165) is 22.4 Å². The molecular formula is C25H23FN2O3. The number of rotatable bonds is 4. The molecule has 0 saturated carbocycles. The molecule has 2 atom stereocenters. The van der Waals surface area contributed by atoms with Crippen molar-refractivity contribution in [1.29, 1.82) is 0 Å². The van der Waals surface area contributed by atoms with Crippen LogP contribution in [0.4, 0.5) is 15.8 Å². The number of nitrogens with one attached hydrogen (secondary N) is 1. The SMILES string of the molecule is CC(=O)N1c2ccc(-c3ccc(C(=O)O)cc3)cc2[C@@H](Nc2cccc(F)c2)C[C@H]1C. The van der Waals surface area contributed by atoms with Crippen molar-refractivity contribution in [3.63, 3.8) is 0 Å². The molecule has 1 aliphatic heterocycles. The molecule has 3 aromatic rings. The van der Waals surface area contributed by atoms with Crippen molar-refractivity contribution >= 4 is 23.3 Å². The predicted octanol–water partition coefficient (Wildman–Crippen LogP) is 5.49. The molecule has 3 aromatic carbocycles. The van der Waals surface area contributed by atoms with Crippen LogP contribution in [0, 0.1) is 5.82 Å². The van der Waals surface area contributed by atoms with Crippen LogP contribution in [0.2, 0.25) is 0 Å². The lowest BCUT2D eigenvalue weighted by atomic mass is 9.88. The first-order chi connectivity index (χ1) is 14.8. The lowest BCUT2D eigenvalue weighted by molar-refractivity contribution is -0.117. The molecule has 0 fully saturated rings. The number of halogens is 1. The van der Waals surface area contributed by atoms with Gasteiger partial charge in [0.2, 0.25) is 5.91 Å². The fourth-order valence-electron chi connectivity index (χ4n) is 4.24. The molecule has 0 radical (unpaired) electrons. The van der Waals surface area contributed by atoms with Crippen molar-refractivity contribution in [1.82, 2.24) is 0 Å². The summed E-state index contributed by atoms with van der Waals surface area (Å²) in [4.78, 5) is 25.3. The Morgan fingerprint density at radius 3 is 2.39 bits per heavy atom. The van der Waals surface area contributed by atoms with Crippen LogP contribution in [0.1, 0.15) is 42.2 Å². The molecule has 0 aromatic heterocycles. The molecule has 1 aliphatic rings. The van der Waals surface area contributed by atoms with Gasteiger partial charge in [-0.25, -0.2) is 9.18 Å². The Bertz CT molecular complexity index is 1140. The molecule has 0 bridgehead atoms. The molecule has 0 aliphatic carbocycles. The zero-order chi connectivity index (χ0) is 22.1. The zero-order valence-corrected chi connectivity index (χ0v) is 17.3. The minimum atomic E-state index is -0.970. The fraction of sp³-hybridized carbons (Fsp3) is 0.200. The van der Waals surface area contributed by atoms with Crippen molar-refractivity contribution in [2.75, 3.05) is 10.2 Å². The number of anilines is 2. The number of hydrogen-bond donors (Lipinski definition) is 2. The average Bonchev–Trinajstić information content (AvgIpc) is 2.73.